The molecule has 1 heterocycles. The van der Waals surface area contributed by atoms with Gasteiger partial charge in [-0.2, -0.15) is 12.5 Å². The van der Waals surface area contributed by atoms with E-state index in [0.717, 1.165) is 5.56 Å². The van der Waals surface area contributed by atoms with Crippen LogP contribution >= 0.6 is 0 Å². The van der Waals surface area contributed by atoms with Gasteiger partial charge in [0.1, 0.15) is 0 Å². The van der Waals surface area contributed by atoms with E-state index in [2.05, 4.69) is 16.9 Å². The van der Waals surface area contributed by atoms with E-state index in [-0.39, 0.29) is 32.7 Å². The van der Waals surface area contributed by atoms with Crippen LogP contribution in [-0.4, -0.2) is 9.97 Å². The Morgan fingerprint density at radius 3 is 2.00 bits per heavy atom. The third kappa shape index (κ3) is 2.38. The van der Waals surface area contributed by atoms with Crippen molar-refractivity contribution >= 4 is 0 Å². The Labute approximate surface area is 73.6 Å². The summed E-state index contributed by atoms with van der Waals surface area (Å²) in [5, 5.41) is 0. The van der Waals surface area contributed by atoms with E-state index < -0.39 is 0 Å². The van der Waals surface area contributed by atoms with Crippen LogP contribution in [0.15, 0.2) is 18.7 Å². The molecule has 8 heavy (non-hydrogen) atoms. The molecule has 1 radical (unpaired) electrons. The van der Waals surface area contributed by atoms with Gasteiger partial charge in [-0.05, 0) is 0 Å². The largest absolute Gasteiger partial charge is 0.311 e. The third-order valence-corrected chi connectivity index (χ3v) is 0.614. The van der Waals surface area contributed by atoms with Crippen LogP contribution in [0.25, 0.3) is 0 Å². The van der Waals surface area contributed by atoms with Crippen molar-refractivity contribution in [3.63, 3.8) is 0 Å². The van der Waals surface area contributed by atoms with Gasteiger partial charge < -0.3 is 9.97 Å². The van der Waals surface area contributed by atoms with Gasteiger partial charge in [-0.3, -0.25) is 0 Å². The molecule has 3 heteroatoms. The molecule has 0 N–H and O–H groups in total. The molecular weight excluding hydrogens is 177 g/mol. The van der Waals surface area contributed by atoms with Crippen molar-refractivity contribution in [2.75, 3.05) is 0 Å². The summed E-state index contributed by atoms with van der Waals surface area (Å²) in [5.41, 5.74) is 0.850. The second kappa shape index (κ2) is 3.99. The first-order chi connectivity index (χ1) is 3.39. The Bertz CT molecular complexity index is 140. The van der Waals surface area contributed by atoms with Crippen LogP contribution in [0.3, 0.4) is 0 Å². The zero-order valence-electron chi connectivity index (χ0n) is 4.41. The molecular formula is C5H5N2Y-. The molecule has 0 saturated carbocycles. The topological polar surface area (TPSA) is 25.8 Å². The number of aromatic nitrogens is 2. The molecule has 0 unspecified atom stereocenters. The Morgan fingerprint density at radius 2 is 1.75 bits per heavy atom. The van der Waals surface area contributed by atoms with Gasteiger partial charge in [0.2, 0.25) is 0 Å². The van der Waals surface area contributed by atoms with Crippen molar-refractivity contribution in [2.45, 2.75) is 0 Å². The number of nitrogens with zero attached hydrogens (tertiary/aromatic N) is 2. The molecule has 0 aliphatic rings. The molecule has 0 fully saturated rings. The van der Waals surface area contributed by atoms with Crippen molar-refractivity contribution in [3.05, 3.63) is 31.2 Å². The van der Waals surface area contributed by atoms with E-state index in [0.29, 0.717) is 0 Å². The molecule has 0 atom stereocenters. The summed E-state index contributed by atoms with van der Waals surface area (Å²) in [6.45, 7) is 3.60. The fraction of sp³-hybridized carbons (Fsp3) is 0. The average Bonchev–Trinajstić information content (AvgIpc) is 1.69. The summed E-state index contributed by atoms with van der Waals surface area (Å²) in [6, 6.07) is 0. The van der Waals surface area contributed by atoms with E-state index >= 15 is 0 Å². The van der Waals surface area contributed by atoms with Crippen LogP contribution in [0.1, 0.15) is 5.56 Å². The molecule has 1 aromatic rings. The Hall–Kier alpha value is 0.0539. The van der Waals surface area contributed by atoms with Gasteiger partial charge in [-0.1, -0.05) is 12.4 Å². The molecule has 39 valence electrons. The number of hydrogen-bond donors (Lipinski definition) is 0. The molecule has 0 aliphatic carbocycles. The summed E-state index contributed by atoms with van der Waals surface area (Å²) in [7, 11) is 0. The van der Waals surface area contributed by atoms with Crippen molar-refractivity contribution in [3.8, 4) is 0 Å². The maximum absolute atomic E-state index is 3.71. The first-order valence-corrected chi connectivity index (χ1v) is 1.96. The Morgan fingerprint density at radius 1 is 1.25 bits per heavy atom. The van der Waals surface area contributed by atoms with E-state index in [1.165, 1.54) is 6.33 Å². The van der Waals surface area contributed by atoms with Gasteiger partial charge in [-0.25, -0.2) is 0 Å². The van der Waals surface area contributed by atoms with Crippen LogP contribution in [0.2, 0.25) is 0 Å². The molecule has 0 amide bonds. The maximum atomic E-state index is 3.71. The number of hydrogen-bond acceptors (Lipinski definition) is 2. The van der Waals surface area contributed by atoms with Gasteiger partial charge in [0.05, 0.1) is 6.33 Å². The molecule has 0 spiro atoms. The first kappa shape index (κ1) is 8.05. The minimum atomic E-state index is 0. The first-order valence-electron chi connectivity index (χ1n) is 1.96. The van der Waals surface area contributed by atoms with Crippen molar-refractivity contribution in [2.24, 2.45) is 0 Å². The van der Waals surface area contributed by atoms with Crippen molar-refractivity contribution < 1.29 is 32.7 Å². The normalized spacial score (nSPS) is 7.50. The van der Waals surface area contributed by atoms with E-state index in [9.17, 15) is 0 Å². The Balaban J connectivity index is 0.000000490. The van der Waals surface area contributed by atoms with Crippen LogP contribution < -0.4 is 0 Å². The van der Waals surface area contributed by atoms with Crippen LogP contribution in [0, 0.1) is 6.92 Å². The van der Waals surface area contributed by atoms with Crippen LogP contribution in [0.5, 0.6) is 0 Å². The summed E-state index contributed by atoms with van der Waals surface area (Å²) >= 11 is 0. The summed E-state index contributed by atoms with van der Waals surface area (Å²) in [6.07, 6.45) is 4.80. The van der Waals surface area contributed by atoms with Gasteiger partial charge in [0, 0.05) is 32.7 Å². The molecule has 1 rings (SSSR count). The van der Waals surface area contributed by atoms with Crippen molar-refractivity contribution in [1.29, 1.82) is 0 Å². The van der Waals surface area contributed by atoms with E-state index in [1.54, 1.807) is 12.4 Å². The summed E-state index contributed by atoms with van der Waals surface area (Å²) in [5.74, 6) is 0. The van der Waals surface area contributed by atoms with Gasteiger partial charge in [-0.15, -0.1) is 0 Å². The Kier molecular flexibility index (Phi) is 4.01. The SMILES string of the molecule is [CH2-]c1cncnc1.[Y]. The minimum absolute atomic E-state index is 0. The predicted molar refractivity (Wildman–Crippen MR) is 26.5 cm³/mol. The molecule has 1 aromatic heterocycles. The molecule has 0 saturated heterocycles. The fourth-order valence-electron chi connectivity index (χ4n) is 0.330. The van der Waals surface area contributed by atoms with Crippen molar-refractivity contribution in [1.82, 2.24) is 9.97 Å². The van der Waals surface area contributed by atoms with Gasteiger partial charge >= 0.3 is 0 Å². The monoisotopic (exact) mass is 182 g/mol. The molecule has 0 bridgehead atoms. The van der Waals surface area contributed by atoms with Crippen LogP contribution in [0.4, 0.5) is 0 Å². The van der Waals surface area contributed by atoms with E-state index in [1.807, 2.05) is 0 Å². The van der Waals surface area contributed by atoms with E-state index in [4.69, 9.17) is 0 Å². The second-order valence-corrected chi connectivity index (χ2v) is 1.25. The summed E-state index contributed by atoms with van der Waals surface area (Å²) < 4.78 is 0. The number of rotatable bonds is 0. The quantitative estimate of drug-likeness (QED) is 0.550. The second-order valence-electron chi connectivity index (χ2n) is 1.25. The standard InChI is InChI=1S/C5H5N2.Y/c1-5-2-6-4-7-3-5;/h2-4H,1H2;/q-1;. The predicted octanol–water partition coefficient (Wildman–Crippen LogP) is 0.656. The zero-order valence-corrected chi connectivity index (χ0v) is 7.25. The maximum Gasteiger partial charge on any atom is 0.0877 e. The summed E-state index contributed by atoms with van der Waals surface area (Å²) in [4.78, 5) is 7.42. The molecule has 0 aliphatic heterocycles. The zero-order chi connectivity index (χ0) is 5.11. The smallest absolute Gasteiger partial charge is 0.0877 e. The molecule has 0 aromatic carbocycles. The average molecular weight is 182 g/mol. The fourth-order valence-corrected chi connectivity index (χ4v) is 0.330. The third-order valence-electron chi connectivity index (χ3n) is 0.614. The minimum Gasteiger partial charge on any atom is -0.311 e. The van der Waals surface area contributed by atoms with Crippen LogP contribution in [-0.2, 0) is 32.7 Å². The molecule has 2 nitrogen and oxygen atoms in total. The van der Waals surface area contributed by atoms with Gasteiger partial charge in [0.15, 0.2) is 0 Å². The van der Waals surface area contributed by atoms with Gasteiger partial charge in [0.25, 0.3) is 0 Å².